The molecule has 0 bridgehead atoms. The summed E-state index contributed by atoms with van der Waals surface area (Å²) < 4.78 is 0. The molecule has 0 fully saturated rings. The van der Waals surface area contributed by atoms with Crippen LogP contribution < -0.4 is 16.8 Å². The summed E-state index contributed by atoms with van der Waals surface area (Å²) in [5.41, 5.74) is 13.1. The Kier molecular flexibility index (Phi) is 3.39. The van der Waals surface area contributed by atoms with Crippen molar-refractivity contribution in [2.45, 2.75) is 0 Å². The van der Waals surface area contributed by atoms with Crippen molar-refractivity contribution in [1.29, 1.82) is 0 Å². The molecule has 0 aliphatic heterocycles. The third-order valence-corrected chi connectivity index (χ3v) is 2.69. The van der Waals surface area contributed by atoms with Crippen LogP contribution in [0.25, 0.3) is 0 Å². The summed E-state index contributed by atoms with van der Waals surface area (Å²) in [6, 6.07) is 11.7. The molecule has 2 rings (SSSR count). The Morgan fingerprint density at radius 3 is 2.28 bits per heavy atom. The molecule has 18 heavy (non-hydrogen) atoms. The molecule has 0 radical (unpaired) electrons. The van der Waals surface area contributed by atoms with Crippen LogP contribution in [0, 0.1) is 0 Å². The number of halogens is 1. The van der Waals surface area contributed by atoms with E-state index in [1.807, 2.05) is 0 Å². The molecule has 0 atom stereocenters. The average molecular weight is 262 g/mol. The third-order valence-electron chi connectivity index (χ3n) is 2.36. The van der Waals surface area contributed by atoms with E-state index in [2.05, 4.69) is 5.32 Å². The van der Waals surface area contributed by atoms with Crippen LogP contribution in [0.3, 0.4) is 0 Å². The number of carbonyl (C=O) groups excluding carboxylic acids is 1. The molecule has 0 aliphatic carbocycles. The van der Waals surface area contributed by atoms with Crippen molar-refractivity contribution in [3.05, 3.63) is 53.1 Å². The first kappa shape index (κ1) is 12.3. The summed E-state index contributed by atoms with van der Waals surface area (Å²) in [5, 5.41) is 3.17. The summed E-state index contributed by atoms with van der Waals surface area (Å²) in [6.07, 6.45) is 0. The molecule has 2 aromatic carbocycles. The molecule has 92 valence electrons. The minimum absolute atomic E-state index is 0.304. The van der Waals surface area contributed by atoms with E-state index in [0.717, 1.165) is 0 Å². The van der Waals surface area contributed by atoms with Crippen molar-refractivity contribution in [3.63, 3.8) is 0 Å². The van der Waals surface area contributed by atoms with E-state index in [1.165, 1.54) is 0 Å². The maximum absolute atomic E-state index is 12.0. The van der Waals surface area contributed by atoms with Gasteiger partial charge in [0.2, 0.25) is 0 Å². The molecular formula is C13H12ClN3O. The maximum atomic E-state index is 12.0. The second-order valence-electron chi connectivity index (χ2n) is 3.82. The first-order valence-electron chi connectivity index (χ1n) is 5.28. The SMILES string of the molecule is Nc1cc(N)cc(C(=O)Nc2ccccc2Cl)c1. The molecule has 0 spiro atoms. The maximum Gasteiger partial charge on any atom is 0.255 e. The zero-order chi connectivity index (χ0) is 13.1. The van der Waals surface area contributed by atoms with Gasteiger partial charge in [0, 0.05) is 16.9 Å². The van der Waals surface area contributed by atoms with E-state index in [4.69, 9.17) is 23.1 Å². The summed E-state index contributed by atoms with van der Waals surface area (Å²) in [6.45, 7) is 0. The van der Waals surface area contributed by atoms with E-state index >= 15 is 0 Å². The topological polar surface area (TPSA) is 81.1 Å². The highest BCUT2D eigenvalue weighted by Crippen LogP contribution is 2.22. The van der Waals surface area contributed by atoms with Crippen LogP contribution in [0.4, 0.5) is 17.1 Å². The third kappa shape index (κ3) is 2.73. The fraction of sp³-hybridized carbons (Fsp3) is 0. The number of para-hydroxylation sites is 1. The van der Waals surface area contributed by atoms with Crippen LogP contribution in [0.1, 0.15) is 10.4 Å². The Morgan fingerprint density at radius 1 is 1.06 bits per heavy atom. The molecule has 0 saturated carbocycles. The Hall–Kier alpha value is -2.20. The lowest BCUT2D eigenvalue weighted by Gasteiger charge is -2.08. The molecular weight excluding hydrogens is 250 g/mol. The van der Waals surface area contributed by atoms with Gasteiger partial charge in [0.05, 0.1) is 10.7 Å². The van der Waals surface area contributed by atoms with Crippen LogP contribution in [-0.4, -0.2) is 5.91 Å². The van der Waals surface area contributed by atoms with E-state index in [9.17, 15) is 4.79 Å². The number of nitrogens with one attached hydrogen (secondary N) is 1. The lowest BCUT2D eigenvalue weighted by atomic mass is 10.1. The second kappa shape index (κ2) is 4.98. The molecule has 0 saturated heterocycles. The monoisotopic (exact) mass is 261 g/mol. The van der Waals surface area contributed by atoms with Gasteiger partial charge in [-0.25, -0.2) is 0 Å². The molecule has 0 heterocycles. The first-order valence-corrected chi connectivity index (χ1v) is 5.66. The number of anilines is 3. The molecule has 0 aromatic heterocycles. The van der Waals surface area contributed by atoms with Gasteiger partial charge < -0.3 is 16.8 Å². The summed E-state index contributed by atoms with van der Waals surface area (Å²) in [7, 11) is 0. The number of hydrogen-bond donors (Lipinski definition) is 3. The Bertz CT molecular complexity index is 578. The van der Waals surface area contributed by atoms with Crippen LogP contribution in [0.15, 0.2) is 42.5 Å². The summed E-state index contributed by atoms with van der Waals surface area (Å²) in [5.74, 6) is -0.304. The van der Waals surface area contributed by atoms with Gasteiger partial charge >= 0.3 is 0 Å². The molecule has 1 amide bonds. The van der Waals surface area contributed by atoms with Gasteiger partial charge in [0.15, 0.2) is 0 Å². The van der Waals surface area contributed by atoms with Crippen molar-refractivity contribution >= 4 is 34.6 Å². The van der Waals surface area contributed by atoms with Crippen LogP contribution >= 0.6 is 11.6 Å². The van der Waals surface area contributed by atoms with Crippen molar-refractivity contribution < 1.29 is 4.79 Å². The number of carbonyl (C=O) groups is 1. The minimum atomic E-state index is -0.304. The number of nitrogens with two attached hydrogens (primary N) is 2. The van der Waals surface area contributed by atoms with Crippen LogP contribution in [-0.2, 0) is 0 Å². The molecule has 5 N–H and O–H groups in total. The van der Waals surface area contributed by atoms with E-state index < -0.39 is 0 Å². The van der Waals surface area contributed by atoms with Gasteiger partial charge in [0.1, 0.15) is 0 Å². The zero-order valence-corrected chi connectivity index (χ0v) is 10.2. The Labute approximate surface area is 110 Å². The van der Waals surface area contributed by atoms with Gasteiger partial charge in [0.25, 0.3) is 5.91 Å². The van der Waals surface area contributed by atoms with E-state index in [0.29, 0.717) is 27.6 Å². The van der Waals surface area contributed by atoms with Gasteiger partial charge in [-0.3, -0.25) is 4.79 Å². The molecule has 5 heteroatoms. The zero-order valence-electron chi connectivity index (χ0n) is 9.48. The van der Waals surface area contributed by atoms with Gasteiger partial charge in [-0.05, 0) is 30.3 Å². The summed E-state index contributed by atoms with van der Waals surface area (Å²) >= 11 is 5.95. The highest BCUT2D eigenvalue weighted by molar-refractivity contribution is 6.33. The van der Waals surface area contributed by atoms with Crippen molar-refractivity contribution in [2.24, 2.45) is 0 Å². The van der Waals surface area contributed by atoms with E-state index in [1.54, 1.807) is 42.5 Å². The number of rotatable bonds is 2. The fourth-order valence-electron chi connectivity index (χ4n) is 1.56. The highest BCUT2D eigenvalue weighted by Gasteiger charge is 2.09. The first-order chi connectivity index (χ1) is 8.56. The molecule has 2 aromatic rings. The van der Waals surface area contributed by atoms with Crippen molar-refractivity contribution in [2.75, 3.05) is 16.8 Å². The Morgan fingerprint density at radius 2 is 1.67 bits per heavy atom. The normalized spacial score (nSPS) is 10.1. The summed E-state index contributed by atoms with van der Waals surface area (Å²) in [4.78, 5) is 12.0. The van der Waals surface area contributed by atoms with Crippen LogP contribution in [0.5, 0.6) is 0 Å². The Balaban J connectivity index is 2.25. The highest BCUT2D eigenvalue weighted by atomic mass is 35.5. The van der Waals surface area contributed by atoms with Crippen molar-refractivity contribution in [1.82, 2.24) is 0 Å². The number of amides is 1. The quantitative estimate of drug-likeness (QED) is 0.727. The lowest BCUT2D eigenvalue weighted by Crippen LogP contribution is -2.13. The predicted molar refractivity (Wildman–Crippen MR) is 74.7 cm³/mol. The lowest BCUT2D eigenvalue weighted by molar-refractivity contribution is 0.102. The molecule has 4 nitrogen and oxygen atoms in total. The fourth-order valence-corrected chi connectivity index (χ4v) is 1.75. The molecule has 0 unspecified atom stereocenters. The number of benzene rings is 2. The van der Waals surface area contributed by atoms with Crippen LogP contribution in [0.2, 0.25) is 5.02 Å². The van der Waals surface area contributed by atoms with E-state index in [-0.39, 0.29) is 5.91 Å². The predicted octanol–water partition coefficient (Wildman–Crippen LogP) is 2.76. The number of hydrogen-bond acceptors (Lipinski definition) is 3. The standard InChI is InChI=1S/C13H12ClN3O/c14-11-3-1-2-4-12(11)17-13(18)8-5-9(15)7-10(16)6-8/h1-7H,15-16H2,(H,17,18). The molecule has 0 aliphatic rings. The average Bonchev–Trinajstić information content (AvgIpc) is 2.31. The van der Waals surface area contributed by atoms with Gasteiger partial charge in [-0.1, -0.05) is 23.7 Å². The van der Waals surface area contributed by atoms with Gasteiger partial charge in [-0.2, -0.15) is 0 Å². The largest absolute Gasteiger partial charge is 0.399 e. The van der Waals surface area contributed by atoms with Crippen molar-refractivity contribution in [3.8, 4) is 0 Å². The second-order valence-corrected chi connectivity index (χ2v) is 4.23. The smallest absolute Gasteiger partial charge is 0.255 e. The minimum Gasteiger partial charge on any atom is -0.399 e. The number of nitrogen functional groups attached to an aromatic ring is 2. The van der Waals surface area contributed by atoms with Gasteiger partial charge in [-0.15, -0.1) is 0 Å².